The summed E-state index contributed by atoms with van der Waals surface area (Å²) in [5.74, 6) is 0.772. The Morgan fingerprint density at radius 3 is 2.89 bits per heavy atom. The molecule has 19 heavy (non-hydrogen) atoms. The maximum Gasteiger partial charge on any atom is 0.119 e. The zero-order valence-electron chi connectivity index (χ0n) is 11.6. The molecule has 1 fully saturated rings. The number of nitrogens with two attached hydrogens (primary N) is 1. The van der Waals surface area contributed by atoms with Gasteiger partial charge < -0.3 is 20.5 Å². The predicted molar refractivity (Wildman–Crippen MR) is 76.1 cm³/mol. The molecule has 1 saturated carbocycles. The van der Waals surface area contributed by atoms with Gasteiger partial charge >= 0.3 is 0 Å². The van der Waals surface area contributed by atoms with Crippen LogP contribution >= 0.6 is 0 Å². The molecule has 2 rings (SSSR count). The number of aliphatic hydroxyl groups is 1. The van der Waals surface area contributed by atoms with Crippen molar-refractivity contribution in [3.05, 3.63) is 29.8 Å². The summed E-state index contributed by atoms with van der Waals surface area (Å²) < 4.78 is 5.61. The quantitative estimate of drug-likeness (QED) is 0.781. The van der Waals surface area contributed by atoms with Gasteiger partial charge in [-0.3, -0.25) is 0 Å². The molecule has 0 amide bonds. The molecule has 0 saturated heterocycles. The first-order chi connectivity index (χ1) is 9.19. The first-order valence-electron chi connectivity index (χ1n) is 6.99. The number of hydrogen-bond acceptors (Lipinski definition) is 4. The lowest BCUT2D eigenvalue weighted by Crippen LogP contribution is -2.42. The fourth-order valence-corrected chi connectivity index (χ4v) is 2.32. The van der Waals surface area contributed by atoms with Gasteiger partial charge in [-0.15, -0.1) is 0 Å². The molecule has 0 bridgehead atoms. The lowest BCUT2D eigenvalue weighted by Gasteiger charge is -2.35. The molecular weight excluding hydrogens is 240 g/mol. The lowest BCUT2D eigenvalue weighted by atomic mass is 9.92. The van der Waals surface area contributed by atoms with Gasteiger partial charge in [-0.05, 0) is 37.6 Å². The van der Waals surface area contributed by atoms with Crippen LogP contribution in [0.25, 0.3) is 0 Å². The van der Waals surface area contributed by atoms with Crippen molar-refractivity contribution in [3.63, 3.8) is 0 Å². The van der Waals surface area contributed by atoms with E-state index in [0.29, 0.717) is 25.7 Å². The second-order valence-electron chi connectivity index (χ2n) is 5.34. The van der Waals surface area contributed by atoms with E-state index in [4.69, 9.17) is 10.5 Å². The van der Waals surface area contributed by atoms with Gasteiger partial charge in [0, 0.05) is 19.1 Å². The Balaban J connectivity index is 1.74. The van der Waals surface area contributed by atoms with Crippen LogP contribution in [-0.2, 0) is 6.54 Å². The number of likely N-dealkylation sites (N-methyl/N-ethyl adjacent to an activating group) is 1. The van der Waals surface area contributed by atoms with Gasteiger partial charge in [-0.2, -0.15) is 0 Å². The smallest absolute Gasteiger partial charge is 0.119 e. The zero-order chi connectivity index (χ0) is 13.7. The van der Waals surface area contributed by atoms with E-state index in [2.05, 4.69) is 11.9 Å². The highest BCUT2D eigenvalue weighted by molar-refractivity contribution is 5.28. The lowest BCUT2D eigenvalue weighted by molar-refractivity contribution is 0.0476. The van der Waals surface area contributed by atoms with Crippen molar-refractivity contribution in [2.45, 2.75) is 38.0 Å². The van der Waals surface area contributed by atoms with Crippen LogP contribution in [0.1, 0.15) is 24.8 Å². The Labute approximate surface area is 115 Å². The number of ether oxygens (including phenoxy) is 1. The molecule has 1 aliphatic carbocycles. The van der Waals surface area contributed by atoms with Crippen molar-refractivity contribution < 1.29 is 9.84 Å². The molecular formula is C15H24N2O2. The normalized spacial score (nSPS) is 17.3. The Morgan fingerprint density at radius 2 is 2.26 bits per heavy atom. The van der Waals surface area contributed by atoms with Crippen molar-refractivity contribution in [2.24, 2.45) is 5.73 Å². The van der Waals surface area contributed by atoms with E-state index in [1.807, 2.05) is 24.3 Å². The predicted octanol–water partition coefficient (Wildman–Crippen LogP) is 1.37. The second kappa shape index (κ2) is 6.89. The standard InChI is InChI=1S/C15H24N2O2/c1-17(13-5-3-6-13)10-14(18)11-19-15-7-2-4-12(8-15)9-16/h2,4,7-8,13-14,18H,3,5-6,9-11,16H2,1H3. The average molecular weight is 264 g/mol. The molecule has 4 nitrogen and oxygen atoms in total. The number of hydrogen-bond donors (Lipinski definition) is 2. The Kier molecular flexibility index (Phi) is 5.19. The van der Waals surface area contributed by atoms with E-state index in [1.54, 1.807) is 0 Å². The van der Waals surface area contributed by atoms with Crippen LogP contribution in [0.2, 0.25) is 0 Å². The molecule has 0 aromatic heterocycles. The Morgan fingerprint density at radius 1 is 1.47 bits per heavy atom. The SMILES string of the molecule is CN(CC(O)COc1cccc(CN)c1)C1CCC1. The summed E-state index contributed by atoms with van der Waals surface area (Å²) in [6, 6.07) is 8.34. The minimum absolute atomic E-state index is 0.324. The summed E-state index contributed by atoms with van der Waals surface area (Å²) in [6.45, 7) is 1.50. The van der Waals surface area contributed by atoms with Crippen LogP contribution < -0.4 is 10.5 Å². The maximum atomic E-state index is 9.98. The van der Waals surface area contributed by atoms with E-state index in [-0.39, 0.29) is 0 Å². The fraction of sp³-hybridized carbons (Fsp3) is 0.600. The van der Waals surface area contributed by atoms with Gasteiger partial charge in [0.1, 0.15) is 18.5 Å². The summed E-state index contributed by atoms with van der Waals surface area (Å²) in [5, 5.41) is 9.98. The summed E-state index contributed by atoms with van der Waals surface area (Å²) in [4.78, 5) is 2.23. The van der Waals surface area contributed by atoms with E-state index >= 15 is 0 Å². The number of aliphatic hydroxyl groups excluding tert-OH is 1. The Hall–Kier alpha value is -1.10. The van der Waals surface area contributed by atoms with Crippen molar-refractivity contribution in [2.75, 3.05) is 20.2 Å². The number of rotatable bonds is 7. The molecule has 1 aromatic carbocycles. The largest absolute Gasteiger partial charge is 0.491 e. The molecule has 1 unspecified atom stereocenters. The topological polar surface area (TPSA) is 58.7 Å². The third kappa shape index (κ3) is 4.20. The summed E-state index contributed by atoms with van der Waals surface area (Å²) in [7, 11) is 2.07. The zero-order valence-corrected chi connectivity index (χ0v) is 11.6. The fourth-order valence-electron chi connectivity index (χ4n) is 2.32. The first kappa shape index (κ1) is 14.3. The highest BCUT2D eigenvalue weighted by Gasteiger charge is 2.23. The molecule has 1 atom stereocenters. The third-order valence-corrected chi connectivity index (χ3v) is 3.77. The van der Waals surface area contributed by atoms with Crippen LogP contribution in [0.3, 0.4) is 0 Å². The molecule has 0 heterocycles. The Bertz CT molecular complexity index is 393. The van der Waals surface area contributed by atoms with Crippen LogP contribution in [-0.4, -0.2) is 42.4 Å². The summed E-state index contributed by atoms with van der Waals surface area (Å²) in [6.07, 6.45) is 3.37. The second-order valence-corrected chi connectivity index (χ2v) is 5.34. The van der Waals surface area contributed by atoms with Gasteiger partial charge in [0.05, 0.1) is 0 Å². The molecule has 4 heteroatoms. The summed E-state index contributed by atoms with van der Waals surface area (Å²) >= 11 is 0. The van der Waals surface area contributed by atoms with Crippen molar-refractivity contribution in [1.82, 2.24) is 4.90 Å². The monoisotopic (exact) mass is 264 g/mol. The molecule has 106 valence electrons. The molecule has 0 spiro atoms. The van der Waals surface area contributed by atoms with E-state index in [0.717, 1.165) is 11.3 Å². The highest BCUT2D eigenvalue weighted by Crippen LogP contribution is 2.23. The minimum Gasteiger partial charge on any atom is -0.491 e. The number of benzene rings is 1. The van der Waals surface area contributed by atoms with Gasteiger partial charge in [0.15, 0.2) is 0 Å². The minimum atomic E-state index is -0.452. The molecule has 0 aliphatic heterocycles. The van der Waals surface area contributed by atoms with Gasteiger partial charge in [-0.1, -0.05) is 18.6 Å². The van der Waals surface area contributed by atoms with E-state index in [1.165, 1.54) is 19.3 Å². The molecule has 3 N–H and O–H groups in total. The van der Waals surface area contributed by atoms with Crippen LogP contribution in [0.4, 0.5) is 0 Å². The molecule has 1 aliphatic rings. The van der Waals surface area contributed by atoms with Gasteiger partial charge in [0.2, 0.25) is 0 Å². The van der Waals surface area contributed by atoms with Crippen molar-refractivity contribution in [1.29, 1.82) is 0 Å². The molecule has 1 aromatic rings. The molecule has 0 radical (unpaired) electrons. The van der Waals surface area contributed by atoms with Crippen molar-refractivity contribution in [3.8, 4) is 5.75 Å². The van der Waals surface area contributed by atoms with E-state index in [9.17, 15) is 5.11 Å². The van der Waals surface area contributed by atoms with Crippen LogP contribution in [0.5, 0.6) is 5.75 Å². The van der Waals surface area contributed by atoms with Crippen molar-refractivity contribution >= 4 is 0 Å². The third-order valence-electron chi connectivity index (χ3n) is 3.77. The average Bonchev–Trinajstić information content (AvgIpc) is 2.34. The van der Waals surface area contributed by atoms with E-state index < -0.39 is 6.10 Å². The first-order valence-corrected chi connectivity index (χ1v) is 6.99. The number of nitrogens with zero attached hydrogens (tertiary/aromatic N) is 1. The highest BCUT2D eigenvalue weighted by atomic mass is 16.5. The maximum absolute atomic E-state index is 9.98. The van der Waals surface area contributed by atoms with Crippen LogP contribution in [0.15, 0.2) is 24.3 Å². The van der Waals surface area contributed by atoms with Crippen LogP contribution in [0, 0.1) is 0 Å². The van der Waals surface area contributed by atoms with Gasteiger partial charge in [0.25, 0.3) is 0 Å². The van der Waals surface area contributed by atoms with Gasteiger partial charge in [-0.25, -0.2) is 0 Å². The summed E-state index contributed by atoms with van der Waals surface area (Å²) in [5.41, 5.74) is 6.62.